The average molecular weight is 408 g/mol. The topological polar surface area (TPSA) is 49.4 Å². The summed E-state index contributed by atoms with van der Waals surface area (Å²) in [6.07, 6.45) is 2.31. The van der Waals surface area contributed by atoms with Gasteiger partial charge in [-0.05, 0) is 63.1 Å². The van der Waals surface area contributed by atoms with Crippen LogP contribution in [0.1, 0.15) is 56.9 Å². The van der Waals surface area contributed by atoms with E-state index in [9.17, 15) is 22.8 Å². The first-order valence-electron chi connectivity index (χ1n) is 10.6. The van der Waals surface area contributed by atoms with Crippen LogP contribution in [0.2, 0.25) is 0 Å². The van der Waals surface area contributed by atoms with Crippen LogP contribution in [0.5, 0.6) is 0 Å². The summed E-state index contributed by atoms with van der Waals surface area (Å²) < 4.78 is 39.8. The molecule has 0 spiro atoms. The number of halogens is 3. The second-order valence-corrected chi connectivity index (χ2v) is 8.66. The van der Waals surface area contributed by atoms with Crippen LogP contribution in [-0.2, 0) is 15.8 Å². The molecule has 2 saturated carbocycles. The van der Waals surface area contributed by atoms with E-state index in [1.807, 2.05) is 0 Å². The third kappa shape index (κ3) is 4.28. The number of piperidine rings is 1. The molecule has 1 N–H and O–H groups in total. The Hall–Kier alpha value is -2.05. The SMILES string of the molecule is O=C(Nc1cc(C(F)(F)F)ccc1N1CCCCC1)C1C[C@H]2CCC[C@H](C1)C2=O. The van der Waals surface area contributed by atoms with Crippen molar-refractivity contribution in [2.75, 3.05) is 23.3 Å². The molecule has 1 aliphatic heterocycles. The van der Waals surface area contributed by atoms with Gasteiger partial charge in [0.05, 0.1) is 16.9 Å². The highest BCUT2D eigenvalue weighted by molar-refractivity contribution is 5.97. The molecule has 1 heterocycles. The van der Waals surface area contributed by atoms with Crippen LogP contribution in [0.25, 0.3) is 0 Å². The zero-order chi connectivity index (χ0) is 20.6. The Morgan fingerprint density at radius 2 is 1.66 bits per heavy atom. The summed E-state index contributed by atoms with van der Waals surface area (Å²) in [4.78, 5) is 27.3. The zero-order valence-corrected chi connectivity index (χ0v) is 16.4. The summed E-state index contributed by atoms with van der Waals surface area (Å²) in [6.45, 7) is 1.55. The van der Waals surface area contributed by atoms with Gasteiger partial charge in [0.2, 0.25) is 5.91 Å². The van der Waals surface area contributed by atoms with Gasteiger partial charge in [0.15, 0.2) is 0 Å². The van der Waals surface area contributed by atoms with Gasteiger partial charge < -0.3 is 10.2 Å². The van der Waals surface area contributed by atoms with E-state index < -0.39 is 11.7 Å². The fourth-order valence-electron chi connectivity index (χ4n) is 5.15. The predicted molar refractivity (Wildman–Crippen MR) is 105 cm³/mol. The molecular formula is C22H27F3N2O2. The minimum Gasteiger partial charge on any atom is -0.370 e. The van der Waals surface area contributed by atoms with E-state index in [0.717, 1.165) is 63.7 Å². The lowest BCUT2D eigenvalue weighted by Gasteiger charge is -2.37. The maximum atomic E-state index is 13.3. The van der Waals surface area contributed by atoms with Crippen LogP contribution in [0, 0.1) is 17.8 Å². The lowest BCUT2D eigenvalue weighted by atomic mass is 9.67. The average Bonchev–Trinajstić information content (AvgIpc) is 2.67. The number of Topliss-reactive ketones (excluding diaryl/α,β-unsaturated/α-hetero) is 1. The number of fused-ring (bicyclic) bond motifs is 2. The van der Waals surface area contributed by atoms with Gasteiger partial charge in [-0.25, -0.2) is 0 Å². The Morgan fingerprint density at radius 3 is 2.28 bits per heavy atom. The highest BCUT2D eigenvalue weighted by atomic mass is 19.4. The predicted octanol–water partition coefficient (Wildman–Crippen LogP) is 5.03. The first-order chi connectivity index (χ1) is 13.8. The molecule has 4 nitrogen and oxygen atoms in total. The van der Waals surface area contributed by atoms with Crippen molar-refractivity contribution in [3.8, 4) is 0 Å². The molecule has 3 fully saturated rings. The van der Waals surface area contributed by atoms with Crippen LogP contribution in [0.15, 0.2) is 18.2 Å². The van der Waals surface area contributed by atoms with E-state index in [0.29, 0.717) is 18.5 Å². The summed E-state index contributed by atoms with van der Waals surface area (Å²) in [5.74, 6) is -0.435. The van der Waals surface area contributed by atoms with Gasteiger partial charge in [0.25, 0.3) is 0 Å². The maximum absolute atomic E-state index is 13.3. The highest BCUT2D eigenvalue weighted by Crippen LogP contribution is 2.41. The van der Waals surface area contributed by atoms with Crippen molar-refractivity contribution in [2.45, 2.75) is 57.5 Å². The molecule has 2 aliphatic carbocycles. The summed E-state index contributed by atoms with van der Waals surface area (Å²) in [6, 6.07) is 3.61. The first kappa shape index (κ1) is 20.2. The van der Waals surface area contributed by atoms with Gasteiger partial charge in [0, 0.05) is 30.8 Å². The monoisotopic (exact) mass is 408 g/mol. The number of hydrogen-bond donors (Lipinski definition) is 1. The second kappa shape index (κ2) is 8.00. The normalized spacial score (nSPS) is 27.6. The largest absolute Gasteiger partial charge is 0.416 e. The van der Waals surface area contributed by atoms with Crippen LogP contribution < -0.4 is 10.2 Å². The van der Waals surface area contributed by atoms with Gasteiger partial charge in [-0.15, -0.1) is 0 Å². The molecule has 0 unspecified atom stereocenters. The Kier molecular flexibility index (Phi) is 5.58. The molecule has 29 heavy (non-hydrogen) atoms. The number of carbonyl (C=O) groups excluding carboxylic acids is 2. The molecule has 0 aromatic heterocycles. The standard InChI is InChI=1S/C22H27F3N2O2/c23-22(24,25)17-7-8-19(27-9-2-1-3-10-27)18(13-17)26-21(29)16-11-14-5-4-6-15(12-16)20(14)28/h7-8,13-16H,1-6,9-12H2,(H,26,29)/t14-,15-/m1/s1. The summed E-state index contributed by atoms with van der Waals surface area (Å²) >= 11 is 0. The number of hydrogen-bond acceptors (Lipinski definition) is 3. The molecule has 3 aliphatic rings. The van der Waals surface area contributed by atoms with Crippen molar-refractivity contribution in [3.05, 3.63) is 23.8 Å². The summed E-state index contributed by atoms with van der Waals surface area (Å²) in [5, 5.41) is 2.80. The van der Waals surface area contributed by atoms with Crippen molar-refractivity contribution in [1.82, 2.24) is 0 Å². The van der Waals surface area contributed by atoms with Gasteiger partial charge in [-0.2, -0.15) is 13.2 Å². The molecule has 1 aromatic carbocycles. The molecular weight excluding hydrogens is 381 g/mol. The van der Waals surface area contributed by atoms with E-state index in [1.165, 1.54) is 6.07 Å². The number of nitrogens with zero attached hydrogens (tertiary/aromatic N) is 1. The van der Waals surface area contributed by atoms with E-state index >= 15 is 0 Å². The van der Waals surface area contributed by atoms with Crippen LogP contribution >= 0.6 is 0 Å². The van der Waals surface area contributed by atoms with Gasteiger partial charge >= 0.3 is 6.18 Å². The van der Waals surface area contributed by atoms with Crippen LogP contribution in [-0.4, -0.2) is 24.8 Å². The molecule has 1 amide bonds. The minimum absolute atomic E-state index is 0.0682. The quantitative estimate of drug-likeness (QED) is 0.763. The first-order valence-corrected chi connectivity index (χ1v) is 10.6. The van der Waals surface area contributed by atoms with Crippen molar-refractivity contribution in [3.63, 3.8) is 0 Å². The smallest absolute Gasteiger partial charge is 0.370 e. The Morgan fingerprint density at radius 1 is 1.00 bits per heavy atom. The number of amides is 1. The number of alkyl halides is 3. The number of carbonyl (C=O) groups is 2. The fourth-order valence-corrected chi connectivity index (χ4v) is 5.15. The zero-order valence-electron chi connectivity index (χ0n) is 16.4. The van der Waals surface area contributed by atoms with Crippen LogP contribution in [0.4, 0.5) is 24.5 Å². The van der Waals surface area contributed by atoms with E-state index in [2.05, 4.69) is 10.2 Å². The summed E-state index contributed by atoms with van der Waals surface area (Å²) in [7, 11) is 0. The summed E-state index contributed by atoms with van der Waals surface area (Å²) in [5.41, 5.74) is 0.121. The highest BCUT2D eigenvalue weighted by Gasteiger charge is 2.41. The van der Waals surface area contributed by atoms with Gasteiger partial charge in [-0.3, -0.25) is 9.59 Å². The van der Waals surface area contributed by atoms with Crippen LogP contribution in [0.3, 0.4) is 0 Å². The number of rotatable bonds is 3. The van der Waals surface area contributed by atoms with E-state index in [-0.39, 0.29) is 35.1 Å². The molecule has 4 rings (SSSR count). The van der Waals surface area contributed by atoms with Crippen molar-refractivity contribution in [1.29, 1.82) is 0 Å². The lowest BCUT2D eigenvalue weighted by molar-refractivity contribution is -0.138. The van der Waals surface area contributed by atoms with E-state index in [4.69, 9.17) is 0 Å². The van der Waals surface area contributed by atoms with E-state index in [1.54, 1.807) is 0 Å². The number of anilines is 2. The third-order valence-electron chi connectivity index (χ3n) is 6.70. The second-order valence-electron chi connectivity index (χ2n) is 8.66. The Labute approximate surface area is 168 Å². The molecule has 2 bridgehead atoms. The third-order valence-corrected chi connectivity index (χ3v) is 6.70. The Balaban J connectivity index is 1.57. The molecule has 7 heteroatoms. The maximum Gasteiger partial charge on any atom is 0.416 e. The number of nitrogens with one attached hydrogen (secondary N) is 1. The fraction of sp³-hybridized carbons (Fsp3) is 0.636. The lowest BCUT2D eigenvalue weighted by Crippen LogP contribution is -2.40. The van der Waals surface area contributed by atoms with Gasteiger partial charge in [-0.1, -0.05) is 6.42 Å². The number of benzene rings is 1. The molecule has 2 atom stereocenters. The molecule has 0 radical (unpaired) electrons. The molecule has 158 valence electrons. The van der Waals surface area contributed by atoms with Crippen molar-refractivity contribution < 1.29 is 22.8 Å². The number of ketones is 1. The van der Waals surface area contributed by atoms with Crippen molar-refractivity contribution >= 4 is 23.1 Å². The molecule has 1 saturated heterocycles. The Bertz CT molecular complexity index is 771. The minimum atomic E-state index is -4.46. The van der Waals surface area contributed by atoms with Gasteiger partial charge in [0.1, 0.15) is 5.78 Å². The van der Waals surface area contributed by atoms with Crippen molar-refractivity contribution in [2.24, 2.45) is 17.8 Å². The molecule has 1 aromatic rings.